The number of halogens is 1. The van der Waals surface area contributed by atoms with E-state index in [1.165, 1.54) is 6.07 Å². The quantitative estimate of drug-likeness (QED) is 0.719. The molecule has 0 unspecified atom stereocenters. The Morgan fingerprint density at radius 1 is 1.17 bits per heavy atom. The lowest BCUT2D eigenvalue weighted by Crippen LogP contribution is -2.37. The fourth-order valence-corrected chi connectivity index (χ4v) is 4.08. The monoisotopic (exact) mass is 392 g/mol. The zero-order chi connectivity index (χ0) is 20.5. The van der Waals surface area contributed by atoms with Gasteiger partial charge < -0.3 is 10.2 Å². The SMILES string of the molecule is Cc1cc(F)c2c(c1)CCCN2CC(=O)Nc1c(C)nn(-c2ccccc2)c1C. The number of amides is 1. The molecule has 0 spiro atoms. The van der Waals surface area contributed by atoms with Crippen molar-refractivity contribution in [2.75, 3.05) is 23.3 Å². The van der Waals surface area contributed by atoms with Crippen molar-refractivity contribution in [1.82, 2.24) is 9.78 Å². The molecule has 2 aromatic carbocycles. The smallest absolute Gasteiger partial charge is 0.243 e. The second-order valence-corrected chi connectivity index (χ2v) is 7.62. The van der Waals surface area contributed by atoms with Crippen LogP contribution in [0.25, 0.3) is 5.69 Å². The third kappa shape index (κ3) is 3.75. The average molecular weight is 392 g/mol. The number of carbonyl (C=O) groups is 1. The minimum atomic E-state index is -0.253. The lowest BCUT2D eigenvalue weighted by atomic mass is 9.99. The molecule has 1 aliphatic heterocycles. The van der Waals surface area contributed by atoms with Crippen LogP contribution in [0.4, 0.5) is 15.8 Å². The predicted molar refractivity (Wildman–Crippen MR) is 113 cm³/mol. The van der Waals surface area contributed by atoms with Crippen molar-refractivity contribution in [2.45, 2.75) is 33.6 Å². The third-order valence-corrected chi connectivity index (χ3v) is 5.37. The molecule has 0 atom stereocenters. The van der Waals surface area contributed by atoms with Gasteiger partial charge in [-0.25, -0.2) is 9.07 Å². The van der Waals surface area contributed by atoms with E-state index < -0.39 is 0 Å². The van der Waals surface area contributed by atoms with E-state index in [1.807, 2.05) is 66.8 Å². The summed E-state index contributed by atoms with van der Waals surface area (Å²) in [5, 5.41) is 7.56. The van der Waals surface area contributed by atoms with Crippen LogP contribution in [0.2, 0.25) is 0 Å². The molecule has 0 aliphatic carbocycles. The zero-order valence-corrected chi connectivity index (χ0v) is 17.0. The number of hydrogen-bond acceptors (Lipinski definition) is 3. The highest BCUT2D eigenvalue weighted by Crippen LogP contribution is 2.31. The van der Waals surface area contributed by atoms with E-state index in [0.717, 1.165) is 41.0 Å². The first kappa shape index (κ1) is 19.2. The van der Waals surface area contributed by atoms with Crippen molar-refractivity contribution in [3.05, 3.63) is 70.8 Å². The molecule has 1 aromatic heterocycles. The molecular weight excluding hydrogens is 367 g/mol. The lowest BCUT2D eigenvalue weighted by Gasteiger charge is -2.31. The summed E-state index contributed by atoms with van der Waals surface area (Å²) in [7, 11) is 0. The first-order valence-electron chi connectivity index (χ1n) is 9.89. The highest BCUT2D eigenvalue weighted by molar-refractivity contribution is 5.95. The molecule has 1 aliphatic rings. The molecule has 0 saturated heterocycles. The van der Waals surface area contributed by atoms with Crippen LogP contribution in [0.15, 0.2) is 42.5 Å². The summed E-state index contributed by atoms with van der Waals surface area (Å²) in [6.45, 7) is 6.48. The third-order valence-electron chi connectivity index (χ3n) is 5.37. The van der Waals surface area contributed by atoms with Crippen molar-refractivity contribution in [2.24, 2.45) is 0 Å². The maximum atomic E-state index is 14.6. The summed E-state index contributed by atoms with van der Waals surface area (Å²) in [5.41, 5.74) is 5.71. The number of nitrogens with one attached hydrogen (secondary N) is 1. The molecule has 6 heteroatoms. The molecule has 0 bridgehead atoms. The van der Waals surface area contributed by atoms with Crippen LogP contribution in [0, 0.1) is 26.6 Å². The Bertz CT molecular complexity index is 1060. The van der Waals surface area contributed by atoms with Crippen LogP contribution in [0.3, 0.4) is 0 Å². The van der Waals surface area contributed by atoms with Gasteiger partial charge in [-0.15, -0.1) is 0 Å². The highest BCUT2D eigenvalue weighted by Gasteiger charge is 2.24. The molecule has 2 heterocycles. The van der Waals surface area contributed by atoms with Gasteiger partial charge in [0.15, 0.2) is 0 Å². The van der Waals surface area contributed by atoms with Gasteiger partial charge in [0.05, 0.1) is 35.0 Å². The van der Waals surface area contributed by atoms with Crippen molar-refractivity contribution in [1.29, 1.82) is 0 Å². The number of hydrogen-bond donors (Lipinski definition) is 1. The molecule has 5 nitrogen and oxygen atoms in total. The Labute approximate surface area is 170 Å². The average Bonchev–Trinajstić information content (AvgIpc) is 2.96. The molecule has 0 fully saturated rings. The molecular formula is C23H25FN4O. The van der Waals surface area contributed by atoms with E-state index in [9.17, 15) is 9.18 Å². The number of fused-ring (bicyclic) bond motifs is 1. The minimum Gasteiger partial charge on any atom is -0.360 e. The summed E-state index contributed by atoms with van der Waals surface area (Å²) >= 11 is 0. The van der Waals surface area contributed by atoms with E-state index in [-0.39, 0.29) is 18.3 Å². The number of nitrogens with zero attached hydrogens (tertiary/aromatic N) is 3. The predicted octanol–water partition coefficient (Wildman–Crippen LogP) is 4.33. The number of benzene rings is 2. The number of aryl methyl sites for hydroxylation is 3. The van der Waals surface area contributed by atoms with E-state index in [0.29, 0.717) is 17.9 Å². The van der Waals surface area contributed by atoms with Gasteiger partial charge in [-0.3, -0.25) is 4.79 Å². The summed E-state index contributed by atoms with van der Waals surface area (Å²) in [6.07, 6.45) is 1.75. The van der Waals surface area contributed by atoms with Crippen LogP contribution in [0.5, 0.6) is 0 Å². The summed E-state index contributed by atoms with van der Waals surface area (Å²) in [5.74, 6) is -0.423. The zero-order valence-electron chi connectivity index (χ0n) is 17.0. The maximum absolute atomic E-state index is 14.6. The largest absolute Gasteiger partial charge is 0.360 e. The Morgan fingerprint density at radius 2 is 1.93 bits per heavy atom. The Morgan fingerprint density at radius 3 is 2.69 bits per heavy atom. The van der Waals surface area contributed by atoms with Crippen molar-refractivity contribution in [3.8, 4) is 5.69 Å². The van der Waals surface area contributed by atoms with E-state index in [2.05, 4.69) is 10.4 Å². The summed E-state index contributed by atoms with van der Waals surface area (Å²) in [4.78, 5) is 14.6. The van der Waals surface area contributed by atoms with Gasteiger partial charge in [0.25, 0.3) is 0 Å². The second kappa shape index (κ2) is 7.70. The van der Waals surface area contributed by atoms with Gasteiger partial charge in [-0.2, -0.15) is 5.10 Å². The molecule has 0 saturated carbocycles. The standard InChI is InChI=1S/C23H25FN4O/c1-15-12-18-8-7-11-27(23(18)20(24)13-15)14-21(29)25-22-16(2)26-28(17(22)3)19-9-5-4-6-10-19/h4-6,9-10,12-13H,7-8,11,14H2,1-3H3,(H,25,29). The number of anilines is 2. The highest BCUT2D eigenvalue weighted by atomic mass is 19.1. The van der Waals surface area contributed by atoms with E-state index >= 15 is 0 Å². The molecule has 29 heavy (non-hydrogen) atoms. The molecule has 4 rings (SSSR count). The number of para-hydroxylation sites is 1. The van der Waals surface area contributed by atoms with Crippen molar-refractivity contribution in [3.63, 3.8) is 0 Å². The van der Waals surface area contributed by atoms with Crippen molar-refractivity contribution < 1.29 is 9.18 Å². The van der Waals surface area contributed by atoms with Gasteiger partial charge >= 0.3 is 0 Å². The van der Waals surface area contributed by atoms with Gasteiger partial charge in [-0.05, 0) is 62.9 Å². The first-order chi connectivity index (χ1) is 13.9. The van der Waals surface area contributed by atoms with Gasteiger partial charge in [0.1, 0.15) is 5.82 Å². The van der Waals surface area contributed by atoms with Gasteiger partial charge in [0.2, 0.25) is 5.91 Å². The lowest BCUT2D eigenvalue weighted by molar-refractivity contribution is -0.115. The number of rotatable bonds is 4. The number of carbonyl (C=O) groups excluding carboxylic acids is 1. The Kier molecular flexibility index (Phi) is 5.09. The second-order valence-electron chi connectivity index (χ2n) is 7.62. The molecule has 1 amide bonds. The fourth-order valence-electron chi connectivity index (χ4n) is 4.08. The van der Waals surface area contributed by atoms with Crippen LogP contribution in [0.1, 0.15) is 28.9 Å². The van der Waals surface area contributed by atoms with E-state index in [1.54, 1.807) is 0 Å². The molecule has 0 radical (unpaired) electrons. The van der Waals surface area contributed by atoms with Gasteiger partial charge in [-0.1, -0.05) is 24.3 Å². The fraction of sp³-hybridized carbons (Fsp3) is 0.304. The van der Waals surface area contributed by atoms with Crippen LogP contribution in [-0.2, 0) is 11.2 Å². The van der Waals surface area contributed by atoms with Gasteiger partial charge in [0, 0.05) is 6.54 Å². The number of aromatic nitrogens is 2. The topological polar surface area (TPSA) is 50.2 Å². The molecule has 150 valence electrons. The Balaban J connectivity index is 1.54. The van der Waals surface area contributed by atoms with Crippen LogP contribution < -0.4 is 10.2 Å². The first-order valence-corrected chi connectivity index (χ1v) is 9.89. The molecule has 3 aromatic rings. The molecule has 1 N–H and O–H groups in total. The van der Waals surface area contributed by atoms with Crippen molar-refractivity contribution >= 4 is 17.3 Å². The van der Waals surface area contributed by atoms with Crippen LogP contribution in [-0.4, -0.2) is 28.8 Å². The maximum Gasteiger partial charge on any atom is 0.243 e. The Hall–Kier alpha value is -3.15. The summed E-state index contributed by atoms with van der Waals surface area (Å²) in [6, 6.07) is 13.4. The summed E-state index contributed by atoms with van der Waals surface area (Å²) < 4.78 is 16.4. The van der Waals surface area contributed by atoms with E-state index in [4.69, 9.17) is 0 Å². The van der Waals surface area contributed by atoms with Crippen LogP contribution >= 0.6 is 0 Å². The minimum absolute atomic E-state index is 0.113. The normalized spacial score (nSPS) is 13.3.